The van der Waals surface area contributed by atoms with Crippen LogP contribution in [0.15, 0.2) is 24.7 Å². The van der Waals surface area contributed by atoms with Gasteiger partial charge in [0.15, 0.2) is 0 Å². The van der Waals surface area contributed by atoms with Crippen LogP contribution in [0.5, 0.6) is 0 Å². The highest BCUT2D eigenvalue weighted by Crippen LogP contribution is 2.12. The minimum atomic E-state index is 0.217. The molecule has 2 aromatic rings. The van der Waals surface area contributed by atoms with E-state index in [1.54, 1.807) is 0 Å². The number of rotatable bonds is 4. The van der Waals surface area contributed by atoms with Crippen molar-refractivity contribution < 1.29 is 0 Å². The number of imidazole rings is 1. The van der Waals surface area contributed by atoms with Crippen LogP contribution in [0.3, 0.4) is 0 Å². The van der Waals surface area contributed by atoms with Crippen molar-refractivity contribution in [3.63, 3.8) is 0 Å². The lowest BCUT2D eigenvalue weighted by molar-refractivity contribution is 0.645. The van der Waals surface area contributed by atoms with Crippen LogP contribution in [0.1, 0.15) is 30.3 Å². The van der Waals surface area contributed by atoms with Crippen LogP contribution >= 0.6 is 0 Å². The maximum atomic E-state index is 5.94. The Morgan fingerprint density at radius 3 is 2.56 bits per heavy atom. The second-order valence-electron chi connectivity index (χ2n) is 4.68. The van der Waals surface area contributed by atoms with Gasteiger partial charge >= 0.3 is 0 Å². The maximum Gasteiger partial charge on any atom is 0.138 e. The Bertz CT molecular complexity index is 513. The van der Waals surface area contributed by atoms with Crippen LogP contribution < -0.4 is 5.73 Å². The molecule has 0 radical (unpaired) electrons. The van der Waals surface area contributed by atoms with Crippen LogP contribution in [0.25, 0.3) is 5.82 Å². The number of nitrogens with two attached hydrogens (primary N) is 1. The Labute approximate surface area is 108 Å². The van der Waals surface area contributed by atoms with Crippen LogP contribution in [0, 0.1) is 13.8 Å². The Morgan fingerprint density at radius 2 is 2.06 bits per heavy atom. The fourth-order valence-corrected chi connectivity index (χ4v) is 1.86. The third-order valence-corrected chi connectivity index (χ3v) is 3.33. The molecule has 4 nitrogen and oxygen atoms in total. The summed E-state index contributed by atoms with van der Waals surface area (Å²) in [6.07, 6.45) is 5.58. The van der Waals surface area contributed by atoms with E-state index in [1.165, 1.54) is 5.56 Å². The van der Waals surface area contributed by atoms with E-state index < -0.39 is 0 Å². The highest BCUT2D eigenvalue weighted by Gasteiger charge is 2.06. The van der Waals surface area contributed by atoms with Gasteiger partial charge in [-0.15, -0.1) is 0 Å². The molecule has 18 heavy (non-hydrogen) atoms. The summed E-state index contributed by atoms with van der Waals surface area (Å²) in [5.41, 5.74) is 9.28. The van der Waals surface area contributed by atoms with Crippen molar-refractivity contribution in [1.29, 1.82) is 0 Å². The van der Waals surface area contributed by atoms with Crippen LogP contribution in [0.2, 0.25) is 0 Å². The Morgan fingerprint density at radius 1 is 1.28 bits per heavy atom. The van der Waals surface area contributed by atoms with Gasteiger partial charge in [0.2, 0.25) is 0 Å². The zero-order chi connectivity index (χ0) is 13.1. The van der Waals surface area contributed by atoms with E-state index in [0.29, 0.717) is 0 Å². The molecule has 2 N–H and O–H groups in total. The molecule has 1 unspecified atom stereocenters. The minimum absolute atomic E-state index is 0.217. The molecular formula is C14H20N4. The lowest BCUT2D eigenvalue weighted by atomic mass is 10.1. The van der Waals surface area contributed by atoms with E-state index in [0.717, 1.165) is 30.0 Å². The normalized spacial score (nSPS) is 12.7. The molecule has 0 aromatic carbocycles. The van der Waals surface area contributed by atoms with Crippen molar-refractivity contribution in [3.8, 4) is 5.82 Å². The number of hydrogen-bond acceptors (Lipinski definition) is 3. The summed E-state index contributed by atoms with van der Waals surface area (Å²) >= 11 is 0. The lowest BCUT2D eigenvalue weighted by Gasteiger charge is -2.09. The van der Waals surface area contributed by atoms with E-state index in [4.69, 9.17) is 5.73 Å². The SMILES string of the molecule is CCC(N)Cc1ccc(-n2cnc(C)c2C)nc1. The van der Waals surface area contributed by atoms with Gasteiger partial charge in [0.1, 0.15) is 12.1 Å². The molecular weight excluding hydrogens is 224 g/mol. The number of pyridine rings is 1. The predicted octanol–water partition coefficient (Wildman–Crippen LogP) is 2.16. The van der Waals surface area contributed by atoms with Gasteiger partial charge in [-0.05, 0) is 38.3 Å². The molecule has 0 saturated carbocycles. The average Bonchev–Trinajstić information content (AvgIpc) is 2.71. The van der Waals surface area contributed by atoms with E-state index in [9.17, 15) is 0 Å². The highest BCUT2D eigenvalue weighted by atomic mass is 15.1. The summed E-state index contributed by atoms with van der Waals surface area (Å²) < 4.78 is 2.00. The monoisotopic (exact) mass is 244 g/mol. The van der Waals surface area contributed by atoms with Crippen LogP contribution in [-0.4, -0.2) is 20.6 Å². The molecule has 1 atom stereocenters. The van der Waals surface area contributed by atoms with Crippen LogP contribution in [-0.2, 0) is 6.42 Å². The number of hydrogen-bond donors (Lipinski definition) is 1. The van der Waals surface area contributed by atoms with Gasteiger partial charge in [-0.25, -0.2) is 9.97 Å². The topological polar surface area (TPSA) is 56.7 Å². The first-order chi connectivity index (χ1) is 8.61. The highest BCUT2D eigenvalue weighted by molar-refractivity contribution is 5.29. The fraction of sp³-hybridized carbons (Fsp3) is 0.429. The predicted molar refractivity (Wildman–Crippen MR) is 72.8 cm³/mol. The average molecular weight is 244 g/mol. The van der Waals surface area contributed by atoms with Gasteiger partial charge in [-0.1, -0.05) is 13.0 Å². The Kier molecular flexibility index (Phi) is 3.77. The molecule has 2 rings (SSSR count). The maximum absolute atomic E-state index is 5.94. The van der Waals surface area contributed by atoms with Gasteiger partial charge in [-0.2, -0.15) is 0 Å². The van der Waals surface area contributed by atoms with Crippen molar-refractivity contribution in [2.75, 3.05) is 0 Å². The molecule has 2 aromatic heterocycles. The van der Waals surface area contributed by atoms with Crippen molar-refractivity contribution in [2.45, 2.75) is 39.7 Å². The summed E-state index contributed by atoms with van der Waals surface area (Å²) in [6.45, 7) is 6.15. The molecule has 96 valence electrons. The third kappa shape index (κ3) is 2.59. The Hall–Kier alpha value is -1.68. The summed E-state index contributed by atoms with van der Waals surface area (Å²) in [5, 5.41) is 0. The molecule has 0 aliphatic heterocycles. The molecule has 0 bridgehead atoms. The van der Waals surface area contributed by atoms with Crippen molar-refractivity contribution >= 4 is 0 Å². The molecule has 0 spiro atoms. The van der Waals surface area contributed by atoms with Crippen molar-refractivity contribution in [1.82, 2.24) is 14.5 Å². The van der Waals surface area contributed by atoms with Gasteiger partial charge < -0.3 is 5.73 Å². The minimum Gasteiger partial charge on any atom is -0.327 e. The van der Waals surface area contributed by atoms with Gasteiger partial charge in [-0.3, -0.25) is 4.57 Å². The van der Waals surface area contributed by atoms with Gasteiger partial charge in [0, 0.05) is 17.9 Å². The molecule has 0 aliphatic rings. The molecule has 0 saturated heterocycles. The van der Waals surface area contributed by atoms with E-state index >= 15 is 0 Å². The summed E-state index contributed by atoms with van der Waals surface area (Å²) in [4.78, 5) is 8.76. The molecule has 0 aliphatic carbocycles. The second-order valence-corrected chi connectivity index (χ2v) is 4.68. The number of aromatic nitrogens is 3. The summed E-state index contributed by atoms with van der Waals surface area (Å²) in [7, 11) is 0. The molecule has 0 amide bonds. The third-order valence-electron chi connectivity index (χ3n) is 3.33. The smallest absolute Gasteiger partial charge is 0.138 e. The second kappa shape index (κ2) is 5.31. The molecule has 0 fully saturated rings. The van der Waals surface area contributed by atoms with Crippen molar-refractivity contribution in [2.24, 2.45) is 5.73 Å². The lowest BCUT2D eigenvalue weighted by Crippen LogP contribution is -2.21. The fourth-order valence-electron chi connectivity index (χ4n) is 1.86. The first-order valence-electron chi connectivity index (χ1n) is 6.33. The zero-order valence-corrected chi connectivity index (χ0v) is 11.2. The quantitative estimate of drug-likeness (QED) is 0.896. The largest absolute Gasteiger partial charge is 0.327 e. The summed E-state index contributed by atoms with van der Waals surface area (Å²) in [6, 6.07) is 4.33. The van der Waals surface area contributed by atoms with Gasteiger partial charge in [0.25, 0.3) is 0 Å². The first-order valence-corrected chi connectivity index (χ1v) is 6.33. The van der Waals surface area contributed by atoms with Crippen LogP contribution in [0.4, 0.5) is 0 Å². The first kappa shape index (κ1) is 12.8. The van der Waals surface area contributed by atoms with Crippen molar-refractivity contribution in [3.05, 3.63) is 41.6 Å². The Balaban J connectivity index is 2.20. The summed E-state index contributed by atoms with van der Waals surface area (Å²) in [5.74, 6) is 0.905. The number of aryl methyl sites for hydroxylation is 1. The number of nitrogens with zero attached hydrogens (tertiary/aromatic N) is 3. The zero-order valence-electron chi connectivity index (χ0n) is 11.2. The van der Waals surface area contributed by atoms with E-state index in [1.807, 2.05) is 37.0 Å². The molecule has 2 heterocycles. The van der Waals surface area contributed by atoms with E-state index in [2.05, 4.69) is 23.0 Å². The standard InChI is InChI=1S/C14H20N4/c1-4-13(15)7-12-5-6-14(16-8-12)18-9-17-10(2)11(18)3/h5-6,8-9,13H,4,7,15H2,1-3H3. The van der Waals surface area contributed by atoms with Gasteiger partial charge in [0.05, 0.1) is 5.69 Å². The molecule has 4 heteroatoms. The van der Waals surface area contributed by atoms with E-state index in [-0.39, 0.29) is 6.04 Å².